The van der Waals surface area contributed by atoms with Crippen LogP contribution >= 0.6 is 11.6 Å². The zero-order valence-corrected chi connectivity index (χ0v) is 20.2. The number of aliphatic carboxylic acids is 2. The molecule has 0 spiro atoms. The van der Waals surface area contributed by atoms with Crippen molar-refractivity contribution in [2.75, 3.05) is 12.8 Å². The Balaban J connectivity index is 1.39. The van der Waals surface area contributed by atoms with Crippen LogP contribution in [0.1, 0.15) is 22.1 Å². The maximum Gasteiger partial charge on any atom is 0.348 e. The number of nitrogens with two attached hydrogens (primary N) is 1. The van der Waals surface area contributed by atoms with Crippen molar-refractivity contribution >= 4 is 46.4 Å². The fourth-order valence-corrected chi connectivity index (χ4v) is 4.71. The zero-order valence-electron chi connectivity index (χ0n) is 19.4. The molecule has 2 aromatic heterocycles. The monoisotopic (exact) mass is 550 g/mol. The summed E-state index contributed by atoms with van der Waals surface area (Å²) in [7, 11) is 1.43. The minimum absolute atomic E-state index is 0.0307. The number of aromatic nitrogens is 4. The van der Waals surface area contributed by atoms with Gasteiger partial charge in [-0.15, -0.1) is 0 Å². The molecule has 5 rings (SSSR count). The van der Waals surface area contributed by atoms with Crippen LogP contribution in [0.4, 0.5) is 10.2 Å². The number of benzene rings is 1. The third kappa shape index (κ3) is 3.74. The first-order valence-electron chi connectivity index (χ1n) is 11.1. The Morgan fingerprint density at radius 2 is 1.92 bits per heavy atom. The number of amides is 1. The molecule has 6 N–H and O–H groups in total. The molecule has 1 aromatic carbocycles. The van der Waals surface area contributed by atoms with E-state index in [9.17, 15) is 29.7 Å². The summed E-state index contributed by atoms with van der Waals surface area (Å²) in [6.07, 6.45) is -6.22. The molecule has 5 atom stereocenters. The number of anilines is 1. The maximum absolute atomic E-state index is 15.6. The summed E-state index contributed by atoms with van der Waals surface area (Å²) < 4.78 is 27.7. The van der Waals surface area contributed by atoms with Crippen molar-refractivity contribution in [3.8, 4) is 0 Å². The molecule has 16 heteroatoms. The van der Waals surface area contributed by atoms with Crippen LogP contribution < -0.4 is 11.1 Å². The number of rotatable bonds is 8. The number of alkyl halides is 1. The molecule has 2 fully saturated rings. The fraction of sp³-hybridized carbons (Fsp3) is 0.364. The second kappa shape index (κ2) is 8.83. The molecule has 1 amide bonds. The van der Waals surface area contributed by atoms with Crippen molar-refractivity contribution in [3.05, 3.63) is 47.0 Å². The number of carboxylic acids is 2. The van der Waals surface area contributed by atoms with Gasteiger partial charge in [0.1, 0.15) is 17.7 Å². The predicted molar refractivity (Wildman–Crippen MR) is 125 cm³/mol. The highest BCUT2D eigenvalue weighted by Gasteiger charge is 2.80. The number of nitrogens with one attached hydrogen (secondary N) is 1. The number of nitrogen functional groups attached to an aromatic ring is 1. The lowest BCUT2D eigenvalue weighted by Crippen LogP contribution is -2.53. The fourth-order valence-electron chi connectivity index (χ4n) is 4.54. The van der Waals surface area contributed by atoms with Crippen LogP contribution in [0.5, 0.6) is 0 Å². The zero-order chi connectivity index (χ0) is 27.6. The Bertz CT molecular complexity index is 1450. The molecule has 1 saturated heterocycles. The standard InChI is InChI=1S/C22H20ClFN6O8/c1-26-16(31)9-4-2-8(3-5-9)6-21(18(32)33,19(34)35)38-13-12-22(13,36)11(24)17(37-12)30-7-27-10-14(25)28-20(23)29-15(10)30/h2-5,7,11-13,17,36H,6H2,1H3,(H,26,31)(H,32,33)(H,34,35)(H2,25,28,29)/t11-,12-,13?,17-,22+/m1/s1. The summed E-state index contributed by atoms with van der Waals surface area (Å²) in [6, 6.07) is 5.49. The van der Waals surface area contributed by atoms with Gasteiger partial charge in [-0.1, -0.05) is 12.1 Å². The smallest absolute Gasteiger partial charge is 0.348 e. The van der Waals surface area contributed by atoms with Gasteiger partial charge in [-0.3, -0.25) is 9.36 Å². The number of nitrogens with zero attached hydrogens (tertiary/aromatic N) is 4. The third-order valence-electron chi connectivity index (χ3n) is 6.67. The predicted octanol–water partition coefficient (Wildman–Crippen LogP) is -0.0624. The molecule has 1 unspecified atom stereocenters. The molecular weight excluding hydrogens is 531 g/mol. The molecule has 2 aliphatic rings. The second-order valence-corrected chi connectivity index (χ2v) is 9.20. The largest absolute Gasteiger partial charge is 0.479 e. The van der Waals surface area contributed by atoms with E-state index in [0.717, 1.165) is 10.9 Å². The highest BCUT2D eigenvalue weighted by atomic mass is 35.5. The summed E-state index contributed by atoms with van der Waals surface area (Å²) in [4.78, 5) is 47.8. The second-order valence-electron chi connectivity index (χ2n) is 8.87. The van der Waals surface area contributed by atoms with Crippen molar-refractivity contribution in [2.45, 2.75) is 42.2 Å². The molecule has 3 heterocycles. The number of hydrogen-bond acceptors (Lipinski definition) is 10. The van der Waals surface area contributed by atoms with Crippen molar-refractivity contribution in [3.63, 3.8) is 0 Å². The number of carboxylic acid groups (broad SMARTS) is 2. The first-order valence-corrected chi connectivity index (χ1v) is 11.4. The number of imidazole rings is 1. The van der Waals surface area contributed by atoms with Crippen molar-refractivity contribution < 1.29 is 43.6 Å². The van der Waals surface area contributed by atoms with Crippen LogP contribution in [0.2, 0.25) is 5.28 Å². The van der Waals surface area contributed by atoms with E-state index in [-0.39, 0.29) is 33.4 Å². The van der Waals surface area contributed by atoms with Gasteiger partial charge in [0.25, 0.3) is 11.5 Å². The normalized spacial score (nSPS) is 26.2. The molecule has 0 bridgehead atoms. The average Bonchev–Trinajstić information content (AvgIpc) is 3.12. The number of hydrogen-bond donors (Lipinski definition) is 5. The third-order valence-corrected chi connectivity index (χ3v) is 6.84. The Kier molecular flexibility index (Phi) is 5.98. The lowest BCUT2D eigenvalue weighted by atomic mass is 9.93. The molecule has 1 aliphatic heterocycles. The topological polar surface area (TPSA) is 212 Å². The van der Waals surface area contributed by atoms with E-state index in [0.29, 0.717) is 0 Å². The van der Waals surface area contributed by atoms with Crippen molar-refractivity contribution in [1.29, 1.82) is 0 Å². The van der Waals surface area contributed by atoms with Gasteiger partial charge in [0, 0.05) is 19.0 Å². The van der Waals surface area contributed by atoms with E-state index in [1.807, 2.05) is 0 Å². The van der Waals surface area contributed by atoms with Gasteiger partial charge in [-0.05, 0) is 29.3 Å². The van der Waals surface area contributed by atoms with Crippen LogP contribution in [0.3, 0.4) is 0 Å². The average molecular weight is 551 g/mol. The van der Waals surface area contributed by atoms with Gasteiger partial charge in [0.05, 0.1) is 6.33 Å². The molecule has 1 aliphatic carbocycles. The van der Waals surface area contributed by atoms with Gasteiger partial charge in [-0.25, -0.2) is 19.0 Å². The van der Waals surface area contributed by atoms with E-state index in [1.54, 1.807) is 0 Å². The van der Waals surface area contributed by atoms with Crippen molar-refractivity contribution in [2.24, 2.45) is 0 Å². The first-order chi connectivity index (χ1) is 17.9. The molecule has 200 valence electrons. The Hall–Kier alpha value is -3.92. The SMILES string of the molecule is CNC(=O)c1ccc(CC(OC2[C@H]3O[C@@H](n4cnc5c(N)nc(Cl)nc54)[C@@H](F)[C@@]23O)(C(=O)O)C(=O)O)cc1. The van der Waals surface area contributed by atoms with Crippen molar-refractivity contribution in [1.82, 2.24) is 24.8 Å². The summed E-state index contributed by atoms with van der Waals surface area (Å²) in [5.41, 5.74) is 1.12. The van der Waals surface area contributed by atoms with Gasteiger partial charge in [0.15, 0.2) is 29.5 Å². The first kappa shape index (κ1) is 25.7. The van der Waals surface area contributed by atoms with Crippen LogP contribution in [-0.2, 0) is 25.5 Å². The number of carbonyl (C=O) groups excluding carboxylic acids is 1. The van der Waals surface area contributed by atoms with Gasteiger partial charge in [0.2, 0.25) is 5.28 Å². The number of ether oxygens (including phenoxy) is 2. The summed E-state index contributed by atoms with van der Waals surface area (Å²) >= 11 is 5.84. The molecule has 3 aromatic rings. The molecule has 14 nitrogen and oxygen atoms in total. The van der Waals surface area contributed by atoms with E-state index >= 15 is 4.39 Å². The van der Waals surface area contributed by atoms with E-state index < -0.39 is 60.1 Å². The quantitative estimate of drug-likeness (QED) is 0.184. The minimum atomic E-state index is -2.89. The molecule has 0 radical (unpaired) electrons. The Morgan fingerprint density at radius 3 is 2.47 bits per heavy atom. The Morgan fingerprint density at radius 1 is 1.26 bits per heavy atom. The van der Waals surface area contributed by atoms with Crippen LogP contribution in [0, 0.1) is 0 Å². The summed E-state index contributed by atoms with van der Waals surface area (Å²) in [6.45, 7) is 0. The van der Waals surface area contributed by atoms with E-state index in [4.69, 9.17) is 26.8 Å². The molecule has 1 saturated carbocycles. The minimum Gasteiger partial charge on any atom is -0.479 e. The lowest BCUT2D eigenvalue weighted by molar-refractivity contribution is -0.194. The summed E-state index contributed by atoms with van der Waals surface area (Å²) in [5.74, 6) is -4.20. The van der Waals surface area contributed by atoms with E-state index in [1.165, 1.54) is 31.3 Å². The molecular formula is C22H20ClFN6O8. The van der Waals surface area contributed by atoms with Gasteiger partial charge >= 0.3 is 11.9 Å². The highest BCUT2D eigenvalue weighted by Crippen LogP contribution is 2.58. The number of fused-ring (bicyclic) bond motifs is 2. The maximum atomic E-state index is 15.6. The van der Waals surface area contributed by atoms with Gasteiger partial charge < -0.3 is 35.8 Å². The molecule has 38 heavy (non-hydrogen) atoms. The number of halogens is 2. The lowest BCUT2D eigenvalue weighted by Gasteiger charge is -2.28. The van der Waals surface area contributed by atoms with E-state index in [2.05, 4.69) is 20.3 Å². The van der Waals surface area contributed by atoms with Crippen LogP contribution in [-0.4, -0.2) is 89.3 Å². The number of aliphatic hydroxyl groups is 1. The summed E-state index contributed by atoms with van der Waals surface area (Å²) in [5, 5.41) is 32.9. The van der Waals surface area contributed by atoms with Crippen LogP contribution in [0.25, 0.3) is 11.2 Å². The van der Waals surface area contributed by atoms with Crippen LogP contribution in [0.15, 0.2) is 30.6 Å². The Labute approximate surface area is 217 Å². The van der Waals surface area contributed by atoms with Gasteiger partial charge in [-0.2, -0.15) is 9.97 Å². The number of carbonyl (C=O) groups is 3. The highest BCUT2D eigenvalue weighted by molar-refractivity contribution is 6.28.